The highest BCUT2D eigenvalue weighted by Crippen LogP contribution is 2.12. The van der Waals surface area contributed by atoms with Gasteiger partial charge in [0.05, 0.1) is 18.9 Å². The van der Waals surface area contributed by atoms with Crippen molar-refractivity contribution in [2.24, 2.45) is 0 Å². The van der Waals surface area contributed by atoms with Crippen LogP contribution in [0, 0.1) is 6.92 Å². The fourth-order valence-electron chi connectivity index (χ4n) is 2.20. The minimum atomic E-state index is -0.387. The Bertz CT molecular complexity index is 544. The van der Waals surface area contributed by atoms with Crippen LogP contribution in [0.2, 0.25) is 0 Å². The number of rotatable bonds is 7. The Hall–Kier alpha value is -1.69. The second-order valence-electron chi connectivity index (χ2n) is 5.20. The summed E-state index contributed by atoms with van der Waals surface area (Å²) in [5.41, 5.74) is 3.46. The molecule has 1 N–H and O–H groups in total. The van der Waals surface area contributed by atoms with Crippen molar-refractivity contribution in [3.8, 4) is 0 Å². The van der Waals surface area contributed by atoms with E-state index in [0.717, 1.165) is 18.7 Å². The Labute approximate surface area is 118 Å². The number of aryl methyl sites for hydroxylation is 1. The molecule has 0 aliphatic carbocycles. The molecule has 0 aliphatic rings. The number of aromatic nitrogens is 4. The molecule has 0 atom stereocenters. The molecular weight excluding hydrogens is 257 g/mol. The monoisotopic (exact) mass is 279 g/mol. The summed E-state index contributed by atoms with van der Waals surface area (Å²) in [7, 11) is 0. The van der Waals surface area contributed by atoms with Crippen molar-refractivity contribution in [3.63, 3.8) is 0 Å². The predicted octanol–water partition coefficient (Wildman–Crippen LogP) is 2.23. The molecule has 0 saturated heterocycles. The van der Waals surface area contributed by atoms with Crippen LogP contribution in [-0.4, -0.2) is 26.2 Å². The molecule has 0 amide bonds. The Balaban J connectivity index is 1.86. The van der Waals surface area contributed by atoms with Gasteiger partial charge in [-0.15, -0.1) is 0 Å². The maximum Gasteiger partial charge on any atom is 0.109 e. The highest BCUT2D eigenvalue weighted by Gasteiger charge is 2.08. The van der Waals surface area contributed by atoms with E-state index in [2.05, 4.69) is 36.3 Å². The van der Waals surface area contributed by atoms with Crippen LogP contribution in [-0.2, 0) is 19.6 Å². The number of halogens is 1. The van der Waals surface area contributed by atoms with Crippen LogP contribution in [0.3, 0.4) is 0 Å². The summed E-state index contributed by atoms with van der Waals surface area (Å²) in [5, 5.41) is 11.9. The lowest BCUT2D eigenvalue weighted by molar-refractivity contribution is 0.427. The maximum absolute atomic E-state index is 12.2. The third-order valence-electron chi connectivity index (χ3n) is 3.28. The lowest BCUT2D eigenvalue weighted by Gasteiger charge is -2.09. The van der Waals surface area contributed by atoms with Gasteiger partial charge >= 0.3 is 0 Å². The number of alkyl halides is 1. The quantitative estimate of drug-likeness (QED) is 0.845. The Kier molecular flexibility index (Phi) is 4.89. The first-order chi connectivity index (χ1) is 9.61. The van der Waals surface area contributed by atoms with Gasteiger partial charge in [-0.05, 0) is 20.8 Å². The molecule has 2 aromatic heterocycles. The number of nitrogens with one attached hydrogen (secondary N) is 1. The van der Waals surface area contributed by atoms with Crippen molar-refractivity contribution in [1.29, 1.82) is 0 Å². The second kappa shape index (κ2) is 6.65. The van der Waals surface area contributed by atoms with Crippen LogP contribution in [0.25, 0.3) is 0 Å². The standard InChI is InChI=1S/C14H22FN5/c1-11(2)20-12(3)14(9-18-20)8-16-6-13-7-17-19(10-13)5-4-15/h7,9-11,16H,4-6,8H2,1-3H3. The highest BCUT2D eigenvalue weighted by atomic mass is 19.1. The molecule has 2 aromatic rings. The molecule has 0 fully saturated rings. The summed E-state index contributed by atoms with van der Waals surface area (Å²) in [4.78, 5) is 0. The molecule has 0 aromatic carbocycles. The van der Waals surface area contributed by atoms with E-state index in [-0.39, 0.29) is 6.67 Å². The molecule has 0 aliphatic heterocycles. The van der Waals surface area contributed by atoms with E-state index in [4.69, 9.17) is 0 Å². The van der Waals surface area contributed by atoms with Crippen molar-refractivity contribution >= 4 is 0 Å². The fourth-order valence-corrected chi connectivity index (χ4v) is 2.20. The van der Waals surface area contributed by atoms with Crippen molar-refractivity contribution in [1.82, 2.24) is 24.9 Å². The first-order valence-electron chi connectivity index (χ1n) is 6.92. The van der Waals surface area contributed by atoms with E-state index in [0.29, 0.717) is 12.6 Å². The number of nitrogens with zero attached hydrogens (tertiary/aromatic N) is 4. The Morgan fingerprint density at radius 2 is 2.05 bits per heavy atom. The average Bonchev–Trinajstić information content (AvgIpc) is 2.98. The predicted molar refractivity (Wildman–Crippen MR) is 76.1 cm³/mol. The number of hydrogen-bond acceptors (Lipinski definition) is 3. The minimum absolute atomic E-state index is 0.320. The summed E-state index contributed by atoms with van der Waals surface area (Å²) in [5.74, 6) is 0. The van der Waals surface area contributed by atoms with Gasteiger partial charge in [-0.25, -0.2) is 4.39 Å². The van der Waals surface area contributed by atoms with Crippen molar-refractivity contribution in [3.05, 3.63) is 35.4 Å². The molecule has 2 heterocycles. The SMILES string of the molecule is Cc1c(CNCc2cnn(CCF)c2)cnn1C(C)C. The molecular formula is C14H22FN5. The third-order valence-corrected chi connectivity index (χ3v) is 3.28. The molecule has 5 nitrogen and oxygen atoms in total. The second-order valence-corrected chi connectivity index (χ2v) is 5.20. The van der Waals surface area contributed by atoms with Crippen LogP contribution in [0.4, 0.5) is 4.39 Å². The van der Waals surface area contributed by atoms with Gasteiger partial charge in [0.1, 0.15) is 6.67 Å². The zero-order chi connectivity index (χ0) is 14.5. The fraction of sp³-hybridized carbons (Fsp3) is 0.571. The van der Waals surface area contributed by atoms with Crippen molar-refractivity contribution in [2.45, 2.75) is 46.4 Å². The molecule has 20 heavy (non-hydrogen) atoms. The van der Waals surface area contributed by atoms with E-state index < -0.39 is 0 Å². The molecule has 0 bridgehead atoms. The zero-order valence-electron chi connectivity index (χ0n) is 12.3. The molecule has 6 heteroatoms. The van der Waals surface area contributed by atoms with Gasteiger partial charge in [0.2, 0.25) is 0 Å². The lowest BCUT2D eigenvalue weighted by atomic mass is 10.2. The Morgan fingerprint density at radius 3 is 2.70 bits per heavy atom. The van der Waals surface area contributed by atoms with Crippen LogP contribution >= 0.6 is 0 Å². The van der Waals surface area contributed by atoms with Crippen molar-refractivity contribution < 1.29 is 4.39 Å². The molecule has 0 spiro atoms. The average molecular weight is 279 g/mol. The summed E-state index contributed by atoms with van der Waals surface area (Å²) in [6, 6.07) is 0.377. The molecule has 2 rings (SSSR count). The van der Waals surface area contributed by atoms with Gasteiger partial charge in [-0.3, -0.25) is 9.36 Å². The number of hydrogen-bond donors (Lipinski definition) is 1. The highest BCUT2D eigenvalue weighted by molar-refractivity contribution is 5.16. The topological polar surface area (TPSA) is 47.7 Å². The summed E-state index contributed by atoms with van der Waals surface area (Å²) < 4.78 is 15.8. The van der Waals surface area contributed by atoms with Gasteiger partial charge in [-0.2, -0.15) is 10.2 Å². The molecule has 110 valence electrons. The van der Waals surface area contributed by atoms with Crippen LogP contribution in [0.15, 0.2) is 18.6 Å². The van der Waals surface area contributed by atoms with Crippen molar-refractivity contribution in [2.75, 3.05) is 6.67 Å². The van der Waals surface area contributed by atoms with E-state index in [1.54, 1.807) is 10.9 Å². The normalized spacial score (nSPS) is 11.4. The zero-order valence-corrected chi connectivity index (χ0v) is 12.3. The van der Waals surface area contributed by atoms with Gasteiger partial charge in [0.15, 0.2) is 0 Å². The lowest BCUT2D eigenvalue weighted by Crippen LogP contribution is -2.13. The van der Waals surface area contributed by atoms with Gasteiger partial charge in [0, 0.05) is 42.1 Å². The summed E-state index contributed by atoms with van der Waals surface area (Å²) in [6.07, 6.45) is 5.55. The van der Waals surface area contributed by atoms with Crippen LogP contribution in [0.1, 0.15) is 36.7 Å². The largest absolute Gasteiger partial charge is 0.308 e. The van der Waals surface area contributed by atoms with E-state index in [1.165, 1.54) is 11.3 Å². The third kappa shape index (κ3) is 3.45. The van der Waals surface area contributed by atoms with Gasteiger partial charge in [-0.1, -0.05) is 0 Å². The Morgan fingerprint density at radius 1 is 1.25 bits per heavy atom. The van der Waals surface area contributed by atoms with Crippen LogP contribution < -0.4 is 5.32 Å². The molecule has 0 saturated carbocycles. The maximum atomic E-state index is 12.2. The van der Waals surface area contributed by atoms with E-state index in [1.807, 2.05) is 17.1 Å². The first kappa shape index (κ1) is 14.7. The summed E-state index contributed by atoms with van der Waals surface area (Å²) >= 11 is 0. The minimum Gasteiger partial charge on any atom is -0.308 e. The van der Waals surface area contributed by atoms with E-state index >= 15 is 0 Å². The van der Waals surface area contributed by atoms with Crippen LogP contribution in [0.5, 0.6) is 0 Å². The van der Waals surface area contributed by atoms with Gasteiger partial charge < -0.3 is 5.32 Å². The first-order valence-corrected chi connectivity index (χ1v) is 6.92. The summed E-state index contributed by atoms with van der Waals surface area (Å²) in [6.45, 7) is 7.75. The molecule has 0 radical (unpaired) electrons. The van der Waals surface area contributed by atoms with E-state index in [9.17, 15) is 4.39 Å². The smallest absolute Gasteiger partial charge is 0.109 e. The molecule has 0 unspecified atom stereocenters. The van der Waals surface area contributed by atoms with Gasteiger partial charge in [0.25, 0.3) is 0 Å².